The van der Waals surface area contributed by atoms with E-state index < -0.39 is 33.8 Å². The van der Waals surface area contributed by atoms with Crippen LogP contribution in [0, 0.1) is 0 Å². The molecule has 2 heterocycles. The number of sulfonamides is 1. The number of benzene rings is 2. The summed E-state index contributed by atoms with van der Waals surface area (Å²) >= 11 is 0. The van der Waals surface area contributed by atoms with Crippen molar-refractivity contribution in [2.75, 3.05) is 12.0 Å². The summed E-state index contributed by atoms with van der Waals surface area (Å²) in [5, 5.41) is 0. The highest BCUT2D eigenvalue weighted by molar-refractivity contribution is 7.89. The zero-order valence-electron chi connectivity index (χ0n) is 17.6. The van der Waals surface area contributed by atoms with Crippen LogP contribution in [0.4, 0.5) is 5.69 Å². The van der Waals surface area contributed by atoms with Gasteiger partial charge in [-0.1, -0.05) is 18.2 Å². The minimum absolute atomic E-state index is 0.00214. The van der Waals surface area contributed by atoms with E-state index in [1.54, 1.807) is 30.3 Å². The predicted octanol–water partition coefficient (Wildman–Crippen LogP) is 2.59. The maximum absolute atomic E-state index is 13.4. The Morgan fingerprint density at radius 1 is 1.06 bits per heavy atom. The predicted molar refractivity (Wildman–Crippen MR) is 117 cm³/mol. The first-order valence-corrected chi connectivity index (χ1v) is 11.4. The molecule has 1 aliphatic rings. The summed E-state index contributed by atoms with van der Waals surface area (Å²) in [6.45, 7) is -0.219. The highest BCUT2D eigenvalue weighted by atomic mass is 32.2. The van der Waals surface area contributed by atoms with Crippen molar-refractivity contribution in [1.82, 2.24) is 4.31 Å². The van der Waals surface area contributed by atoms with Crippen LogP contribution in [-0.2, 0) is 30.9 Å². The molecule has 0 aliphatic carbocycles. The van der Waals surface area contributed by atoms with Gasteiger partial charge in [-0.25, -0.2) is 18.1 Å². The molecule has 0 radical (unpaired) electrons. The van der Waals surface area contributed by atoms with Gasteiger partial charge in [-0.15, -0.1) is 0 Å². The largest absolute Gasteiger partial charge is 0.468 e. The number of hydrogen-bond donors (Lipinski definition) is 0. The number of imide groups is 1. The molecule has 0 bridgehead atoms. The van der Waals surface area contributed by atoms with Crippen molar-refractivity contribution >= 4 is 33.5 Å². The lowest BCUT2D eigenvalue weighted by Gasteiger charge is -2.26. The van der Waals surface area contributed by atoms with E-state index in [2.05, 4.69) is 4.74 Å². The molecule has 4 rings (SSSR count). The van der Waals surface area contributed by atoms with Crippen LogP contribution in [0.25, 0.3) is 0 Å². The van der Waals surface area contributed by atoms with Crippen LogP contribution in [0.2, 0.25) is 0 Å². The molecule has 1 aliphatic heterocycles. The Kier molecular flexibility index (Phi) is 6.12. The van der Waals surface area contributed by atoms with Crippen molar-refractivity contribution in [3.05, 3.63) is 84.3 Å². The zero-order valence-corrected chi connectivity index (χ0v) is 18.4. The number of rotatable bonds is 7. The number of furan rings is 1. The molecule has 1 saturated heterocycles. The summed E-state index contributed by atoms with van der Waals surface area (Å²) in [6, 6.07) is 15.4. The normalized spacial score (nSPS) is 16.4. The molecule has 3 aromatic rings. The fourth-order valence-corrected chi connectivity index (χ4v) is 5.19. The summed E-state index contributed by atoms with van der Waals surface area (Å²) in [5.41, 5.74) is 0.484. The van der Waals surface area contributed by atoms with Gasteiger partial charge >= 0.3 is 5.97 Å². The fraction of sp³-hybridized carbons (Fsp3) is 0.174. The molecular formula is C23H20N2O7S. The quantitative estimate of drug-likeness (QED) is 0.387. The number of esters is 1. The summed E-state index contributed by atoms with van der Waals surface area (Å²) < 4.78 is 37.8. The third kappa shape index (κ3) is 4.30. The number of hydrogen-bond acceptors (Lipinski definition) is 7. The lowest BCUT2D eigenvalue weighted by molar-refractivity contribution is -0.122. The molecule has 1 aromatic heterocycles. The third-order valence-corrected chi connectivity index (χ3v) is 7.13. The monoisotopic (exact) mass is 468 g/mol. The van der Waals surface area contributed by atoms with Gasteiger partial charge in [-0.2, -0.15) is 4.31 Å². The van der Waals surface area contributed by atoms with E-state index in [0.29, 0.717) is 5.76 Å². The van der Waals surface area contributed by atoms with Gasteiger partial charge in [-0.05, 0) is 48.5 Å². The molecule has 33 heavy (non-hydrogen) atoms. The maximum atomic E-state index is 13.4. The summed E-state index contributed by atoms with van der Waals surface area (Å²) in [6.07, 6.45) is 1.07. The summed E-state index contributed by atoms with van der Waals surface area (Å²) in [4.78, 5) is 38.7. The molecule has 2 aromatic carbocycles. The number of anilines is 1. The van der Waals surface area contributed by atoms with E-state index in [4.69, 9.17) is 4.42 Å². The molecule has 9 nitrogen and oxygen atoms in total. The Morgan fingerprint density at radius 2 is 1.76 bits per heavy atom. The third-order valence-electron chi connectivity index (χ3n) is 5.26. The Morgan fingerprint density at radius 3 is 2.36 bits per heavy atom. The van der Waals surface area contributed by atoms with Crippen molar-refractivity contribution in [1.29, 1.82) is 0 Å². The Balaban J connectivity index is 1.69. The Labute approximate surface area is 190 Å². The van der Waals surface area contributed by atoms with Gasteiger partial charge in [0, 0.05) is 0 Å². The van der Waals surface area contributed by atoms with Gasteiger partial charge in [0.05, 0.1) is 42.5 Å². The van der Waals surface area contributed by atoms with Gasteiger partial charge in [0.25, 0.3) is 5.91 Å². The molecule has 1 atom stereocenters. The van der Waals surface area contributed by atoms with E-state index in [9.17, 15) is 22.8 Å². The molecule has 0 saturated carbocycles. The number of amides is 2. The average Bonchev–Trinajstić information content (AvgIpc) is 3.45. The van der Waals surface area contributed by atoms with Crippen LogP contribution >= 0.6 is 0 Å². The second-order valence-electron chi connectivity index (χ2n) is 7.27. The van der Waals surface area contributed by atoms with Gasteiger partial charge in [0.15, 0.2) is 0 Å². The zero-order chi connectivity index (χ0) is 23.6. The van der Waals surface area contributed by atoms with Crippen molar-refractivity contribution < 1.29 is 32.0 Å². The number of methoxy groups -OCH3 is 1. The van der Waals surface area contributed by atoms with Crippen LogP contribution in [0.3, 0.4) is 0 Å². The van der Waals surface area contributed by atoms with Crippen LogP contribution < -0.4 is 4.90 Å². The van der Waals surface area contributed by atoms with Gasteiger partial charge < -0.3 is 9.15 Å². The minimum Gasteiger partial charge on any atom is -0.468 e. The lowest BCUT2D eigenvalue weighted by atomic mass is 10.2. The second-order valence-corrected chi connectivity index (χ2v) is 9.16. The maximum Gasteiger partial charge on any atom is 0.337 e. The molecule has 0 spiro atoms. The number of nitrogens with zero attached hydrogens (tertiary/aromatic N) is 2. The molecule has 2 amide bonds. The Bertz CT molecular complexity index is 1270. The van der Waals surface area contributed by atoms with Crippen molar-refractivity contribution in [3.63, 3.8) is 0 Å². The summed E-state index contributed by atoms with van der Waals surface area (Å²) in [7, 11) is -2.89. The SMILES string of the molecule is COC(=O)c1ccc(N2C(=O)CC(N(Cc3ccco3)S(=O)(=O)c3ccccc3)C2=O)cc1. The summed E-state index contributed by atoms with van der Waals surface area (Å²) in [5.74, 6) is -1.46. The molecule has 10 heteroatoms. The average molecular weight is 468 g/mol. The number of carbonyl (C=O) groups is 3. The van der Waals surface area contributed by atoms with E-state index in [0.717, 1.165) is 9.21 Å². The molecular weight excluding hydrogens is 448 g/mol. The van der Waals surface area contributed by atoms with Crippen molar-refractivity contribution in [2.24, 2.45) is 0 Å². The standard InChI is InChI=1S/C23H20N2O7S/c1-31-23(28)16-9-11-17(12-10-16)25-21(26)14-20(22(25)27)24(15-18-6-5-13-32-18)33(29,30)19-7-3-2-4-8-19/h2-13,20H,14-15H2,1H3. The van der Waals surface area contributed by atoms with Crippen LogP contribution in [0.15, 0.2) is 82.3 Å². The van der Waals surface area contributed by atoms with Crippen LogP contribution in [-0.4, -0.2) is 43.7 Å². The topological polar surface area (TPSA) is 114 Å². The number of carbonyl (C=O) groups excluding carboxylic acids is 3. The van der Waals surface area contributed by atoms with E-state index in [1.807, 2.05) is 0 Å². The van der Waals surface area contributed by atoms with Crippen LogP contribution in [0.1, 0.15) is 22.5 Å². The molecule has 170 valence electrons. The van der Waals surface area contributed by atoms with Gasteiger partial charge in [0.1, 0.15) is 11.8 Å². The van der Waals surface area contributed by atoms with Gasteiger partial charge in [-0.3, -0.25) is 9.59 Å². The molecule has 0 N–H and O–H groups in total. The van der Waals surface area contributed by atoms with Crippen LogP contribution in [0.5, 0.6) is 0 Å². The highest BCUT2D eigenvalue weighted by Gasteiger charge is 2.47. The highest BCUT2D eigenvalue weighted by Crippen LogP contribution is 2.31. The van der Waals surface area contributed by atoms with E-state index >= 15 is 0 Å². The first-order chi connectivity index (χ1) is 15.8. The van der Waals surface area contributed by atoms with E-state index in [1.165, 1.54) is 49.8 Å². The molecule has 1 unspecified atom stereocenters. The minimum atomic E-state index is -4.13. The van der Waals surface area contributed by atoms with Gasteiger partial charge in [0.2, 0.25) is 15.9 Å². The molecule has 1 fully saturated rings. The van der Waals surface area contributed by atoms with Crippen molar-refractivity contribution in [2.45, 2.75) is 23.9 Å². The fourth-order valence-electron chi connectivity index (χ4n) is 3.62. The van der Waals surface area contributed by atoms with Crippen molar-refractivity contribution in [3.8, 4) is 0 Å². The smallest absolute Gasteiger partial charge is 0.337 e. The number of ether oxygens (including phenoxy) is 1. The first-order valence-electron chi connectivity index (χ1n) is 9.97. The lowest BCUT2D eigenvalue weighted by Crippen LogP contribution is -2.45. The second kappa shape index (κ2) is 9.00. The first kappa shape index (κ1) is 22.4. The Hall–Kier alpha value is -3.76. The van der Waals surface area contributed by atoms with E-state index in [-0.39, 0.29) is 29.1 Å².